The first-order valence-corrected chi connectivity index (χ1v) is 11.7. The molecule has 3 heterocycles. The summed E-state index contributed by atoms with van der Waals surface area (Å²) in [5.41, 5.74) is 2.55. The summed E-state index contributed by atoms with van der Waals surface area (Å²) in [4.78, 5) is 9.19. The van der Waals surface area contributed by atoms with Crippen molar-refractivity contribution in [1.82, 2.24) is 20.4 Å². The third kappa shape index (κ3) is 7.35. The monoisotopic (exact) mass is 577 g/mol. The summed E-state index contributed by atoms with van der Waals surface area (Å²) in [5.74, 6) is 2.77. The molecule has 1 unspecified atom stereocenters. The number of hydrogen-bond acceptors (Lipinski definition) is 5. The van der Waals surface area contributed by atoms with Crippen LogP contribution in [0.1, 0.15) is 41.5 Å². The molecule has 1 saturated heterocycles. The van der Waals surface area contributed by atoms with Gasteiger partial charge in [0, 0.05) is 26.7 Å². The van der Waals surface area contributed by atoms with Gasteiger partial charge >= 0.3 is 0 Å². The van der Waals surface area contributed by atoms with Gasteiger partial charge in [0.2, 0.25) is 0 Å². The maximum absolute atomic E-state index is 5.74. The van der Waals surface area contributed by atoms with Crippen LogP contribution in [0.4, 0.5) is 0 Å². The Hall–Kier alpha value is -2.30. The molecule has 1 aromatic carbocycles. The van der Waals surface area contributed by atoms with E-state index < -0.39 is 0 Å². The molecule has 0 saturated carbocycles. The van der Waals surface area contributed by atoms with E-state index in [0.717, 1.165) is 50.2 Å². The first kappa shape index (κ1) is 26.3. The Morgan fingerprint density at radius 2 is 1.71 bits per heavy atom. The van der Waals surface area contributed by atoms with Gasteiger partial charge in [-0.1, -0.05) is 24.3 Å². The van der Waals surface area contributed by atoms with E-state index in [2.05, 4.69) is 62.8 Å². The molecule has 0 radical (unpaired) electrons. The van der Waals surface area contributed by atoms with Gasteiger partial charge in [-0.2, -0.15) is 0 Å². The van der Waals surface area contributed by atoms with Crippen molar-refractivity contribution in [3.8, 4) is 0 Å². The maximum atomic E-state index is 5.74. The number of aliphatic imine (C=N–C) groups is 1. The van der Waals surface area contributed by atoms with Crippen LogP contribution in [0.2, 0.25) is 0 Å². The summed E-state index contributed by atoms with van der Waals surface area (Å²) in [5, 5.41) is 7.00. The molecule has 8 heteroatoms. The fraction of sp³-hybridized carbons (Fsp3) is 0.423. The Kier molecular flexibility index (Phi) is 10.5. The van der Waals surface area contributed by atoms with E-state index in [4.69, 9.17) is 8.83 Å². The topological polar surface area (TPSA) is 69.2 Å². The summed E-state index contributed by atoms with van der Waals surface area (Å²) in [6.07, 6.45) is 5.97. The molecule has 1 fully saturated rings. The standard InChI is InChI=1S/C26H35N5O2.HI/c1-27-26(29-18-24(25-12-8-16-33-25)31-13-5-6-14-31)28-17-21-9-3-4-10-22(21)19-30(2)20-23-11-7-15-32-23;/h3-4,7-12,15-16,24H,5-6,13-14,17-20H2,1-2H3,(H2,27,28,29);1H. The number of benzene rings is 1. The van der Waals surface area contributed by atoms with E-state index in [-0.39, 0.29) is 30.0 Å². The van der Waals surface area contributed by atoms with Crippen molar-refractivity contribution in [1.29, 1.82) is 0 Å². The van der Waals surface area contributed by atoms with Gasteiger partial charge in [-0.25, -0.2) is 0 Å². The van der Waals surface area contributed by atoms with E-state index in [0.29, 0.717) is 6.54 Å². The molecular formula is C26H36IN5O2. The average Bonchev–Trinajstić information content (AvgIpc) is 3.61. The van der Waals surface area contributed by atoms with Crippen LogP contribution in [0, 0.1) is 0 Å². The van der Waals surface area contributed by atoms with Gasteiger partial charge in [0.05, 0.1) is 25.1 Å². The van der Waals surface area contributed by atoms with Crippen molar-refractivity contribution in [2.24, 2.45) is 4.99 Å². The number of likely N-dealkylation sites (tertiary alicyclic amines) is 1. The zero-order valence-corrected chi connectivity index (χ0v) is 22.4. The van der Waals surface area contributed by atoms with Gasteiger partial charge in [-0.15, -0.1) is 24.0 Å². The number of halogens is 1. The first-order chi connectivity index (χ1) is 16.2. The molecule has 3 aromatic rings. The number of nitrogens with zero attached hydrogens (tertiary/aromatic N) is 3. The summed E-state index contributed by atoms with van der Waals surface area (Å²) < 4.78 is 11.2. The minimum atomic E-state index is 0. The number of hydrogen-bond donors (Lipinski definition) is 2. The molecule has 0 spiro atoms. The lowest BCUT2D eigenvalue weighted by molar-refractivity contribution is 0.215. The van der Waals surface area contributed by atoms with Crippen molar-refractivity contribution in [3.63, 3.8) is 0 Å². The molecule has 2 N–H and O–H groups in total. The van der Waals surface area contributed by atoms with Crippen molar-refractivity contribution >= 4 is 29.9 Å². The molecule has 4 rings (SSSR count). The van der Waals surface area contributed by atoms with E-state index in [1.807, 2.05) is 25.2 Å². The van der Waals surface area contributed by atoms with Crippen LogP contribution in [-0.4, -0.2) is 49.5 Å². The van der Waals surface area contributed by atoms with Gasteiger partial charge in [0.15, 0.2) is 5.96 Å². The third-order valence-corrected chi connectivity index (χ3v) is 6.15. The Morgan fingerprint density at radius 1 is 0.971 bits per heavy atom. The molecule has 1 atom stereocenters. The Bertz CT molecular complexity index is 985. The molecule has 7 nitrogen and oxygen atoms in total. The molecule has 0 amide bonds. The fourth-order valence-electron chi connectivity index (χ4n) is 4.44. The highest BCUT2D eigenvalue weighted by Crippen LogP contribution is 2.24. The second-order valence-corrected chi connectivity index (χ2v) is 8.60. The predicted octanol–water partition coefficient (Wildman–Crippen LogP) is 4.62. The molecule has 34 heavy (non-hydrogen) atoms. The fourth-order valence-corrected chi connectivity index (χ4v) is 4.44. The Morgan fingerprint density at radius 3 is 2.38 bits per heavy atom. The number of furan rings is 2. The lowest BCUT2D eigenvalue weighted by Gasteiger charge is -2.27. The minimum Gasteiger partial charge on any atom is -0.468 e. The molecular weight excluding hydrogens is 541 g/mol. The molecule has 1 aliphatic rings. The summed E-state index contributed by atoms with van der Waals surface area (Å²) in [6.45, 7) is 5.30. The van der Waals surface area contributed by atoms with Crippen LogP contribution >= 0.6 is 24.0 Å². The van der Waals surface area contributed by atoms with Crippen molar-refractivity contribution in [2.45, 2.75) is 38.5 Å². The minimum absolute atomic E-state index is 0. The SMILES string of the molecule is CN=C(NCc1ccccc1CN(C)Cc1ccco1)NCC(c1ccco1)N1CCCC1.I. The third-order valence-electron chi connectivity index (χ3n) is 6.15. The smallest absolute Gasteiger partial charge is 0.191 e. The van der Waals surface area contributed by atoms with Gasteiger partial charge in [0.25, 0.3) is 0 Å². The van der Waals surface area contributed by atoms with Gasteiger partial charge in [-0.3, -0.25) is 14.8 Å². The van der Waals surface area contributed by atoms with Crippen molar-refractivity contribution in [2.75, 3.05) is 33.7 Å². The van der Waals surface area contributed by atoms with Gasteiger partial charge < -0.3 is 19.5 Å². The van der Waals surface area contributed by atoms with Crippen LogP contribution in [0.3, 0.4) is 0 Å². The van der Waals surface area contributed by atoms with E-state index >= 15 is 0 Å². The van der Waals surface area contributed by atoms with E-state index in [1.54, 1.807) is 12.5 Å². The zero-order valence-electron chi connectivity index (χ0n) is 20.1. The lowest BCUT2D eigenvalue weighted by Crippen LogP contribution is -2.42. The zero-order chi connectivity index (χ0) is 22.9. The molecule has 1 aliphatic heterocycles. The highest BCUT2D eigenvalue weighted by molar-refractivity contribution is 14.0. The summed E-state index contributed by atoms with van der Waals surface area (Å²) in [7, 11) is 3.93. The van der Waals surface area contributed by atoms with Crippen LogP contribution in [0.25, 0.3) is 0 Å². The van der Waals surface area contributed by atoms with Crippen LogP contribution in [-0.2, 0) is 19.6 Å². The molecule has 0 bridgehead atoms. The van der Waals surface area contributed by atoms with Gasteiger partial charge in [-0.05, 0) is 68.4 Å². The normalized spacial score (nSPS) is 15.3. The molecule has 184 valence electrons. The van der Waals surface area contributed by atoms with Crippen LogP contribution in [0.5, 0.6) is 0 Å². The number of guanidine groups is 1. The quantitative estimate of drug-likeness (QED) is 0.208. The molecule has 0 aliphatic carbocycles. The first-order valence-electron chi connectivity index (χ1n) is 11.7. The van der Waals surface area contributed by atoms with Crippen molar-refractivity contribution < 1.29 is 8.83 Å². The van der Waals surface area contributed by atoms with Gasteiger partial charge in [0.1, 0.15) is 11.5 Å². The predicted molar refractivity (Wildman–Crippen MR) is 146 cm³/mol. The van der Waals surface area contributed by atoms with E-state index in [1.165, 1.54) is 24.0 Å². The van der Waals surface area contributed by atoms with Crippen LogP contribution in [0.15, 0.2) is 74.9 Å². The highest BCUT2D eigenvalue weighted by Gasteiger charge is 2.25. The summed E-state index contributed by atoms with van der Waals surface area (Å²) in [6, 6.07) is 16.7. The van der Waals surface area contributed by atoms with Crippen molar-refractivity contribution in [3.05, 3.63) is 83.7 Å². The average molecular weight is 578 g/mol. The van der Waals surface area contributed by atoms with E-state index in [9.17, 15) is 0 Å². The Labute approximate surface area is 219 Å². The second kappa shape index (κ2) is 13.6. The summed E-state index contributed by atoms with van der Waals surface area (Å²) >= 11 is 0. The lowest BCUT2D eigenvalue weighted by atomic mass is 10.1. The maximum Gasteiger partial charge on any atom is 0.191 e. The Balaban J connectivity index is 0.00000324. The second-order valence-electron chi connectivity index (χ2n) is 8.60. The molecule has 2 aromatic heterocycles. The largest absolute Gasteiger partial charge is 0.468 e. The van der Waals surface area contributed by atoms with Crippen LogP contribution < -0.4 is 10.6 Å². The highest BCUT2D eigenvalue weighted by atomic mass is 127. The number of nitrogens with one attached hydrogen (secondary N) is 2. The number of rotatable bonds is 10.